The molecule has 0 fully saturated rings. The fourth-order valence-corrected chi connectivity index (χ4v) is 9.13. The number of hydrogen-bond acceptors (Lipinski definition) is 1. The zero-order valence-electron chi connectivity index (χ0n) is 32.1. The average molecular weight is 753 g/mol. The van der Waals surface area contributed by atoms with E-state index in [0.717, 1.165) is 61.2 Å². The highest BCUT2D eigenvalue weighted by Gasteiger charge is 2.20. The molecule has 0 saturated carbocycles. The molecule has 0 aliphatic rings. The fraction of sp³-hybridized carbons (Fsp3) is 0. The largest absolute Gasteiger partial charge is 0.439 e. The molecule has 0 radical (unpaired) electrons. The lowest BCUT2D eigenvalue weighted by Gasteiger charge is -2.12. The van der Waals surface area contributed by atoms with Gasteiger partial charge in [0.2, 0.25) is 5.71 Å². The van der Waals surface area contributed by atoms with Gasteiger partial charge in [0.1, 0.15) is 5.58 Å². The maximum Gasteiger partial charge on any atom is 0.213 e. The Kier molecular flexibility index (Phi) is 7.54. The normalized spacial score (nSPS) is 11.7. The van der Waals surface area contributed by atoms with Crippen molar-refractivity contribution in [3.63, 3.8) is 0 Å². The summed E-state index contributed by atoms with van der Waals surface area (Å²) < 4.78 is 11.4. The van der Waals surface area contributed by atoms with Crippen molar-refractivity contribution in [3.05, 3.63) is 218 Å². The number of rotatable bonds is 6. The Morgan fingerprint density at radius 2 is 0.746 bits per heavy atom. The van der Waals surface area contributed by atoms with Crippen LogP contribution in [0.15, 0.2) is 223 Å². The summed E-state index contributed by atoms with van der Waals surface area (Å²) >= 11 is 0. The van der Waals surface area contributed by atoms with Gasteiger partial charge in [-0.3, -0.25) is 4.57 Å². The number of benzene rings is 9. The molecule has 3 heterocycles. The molecule has 0 bridgehead atoms. The monoisotopic (exact) mass is 752 g/mol. The predicted octanol–water partition coefficient (Wildman–Crippen LogP) is 15.3. The van der Waals surface area contributed by atoms with E-state index in [1.807, 2.05) is 0 Å². The highest BCUT2D eigenvalue weighted by molar-refractivity contribution is 6.20. The van der Waals surface area contributed by atoms with Gasteiger partial charge in [-0.15, -0.1) is 0 Å². The van der Waals surface area contributed by atoms with E-state index < -0.39 is 0 Å². The topological polar surface area (TPSA) is 23.0 Å². The van der Waals surface area contributed by atoms with Gasteiger partial charge < -0.3 is 8.98 Å². The number of hydrogen-bond donors (Lipinski definition) is 0. The van der Waals surface area contributed by atoms with Crippen LogP contribution in [0.4, 0.5) is 0 Å². The van der Waals surface area contributed by atoms with Crippen LogP contribution < -0.4 is 0 Å². The zero-order chi connectivity index (χ0) is 38.9. The van der Waals surface area contributed by atoms with Gasteiger partial charge >= 0.3 is 0 Å². The Hall–Kier alpha value is -7.88. The van der Waals surface area contributed by atoms with Crippen LogP contribution in [0.1, 0.15) is 0 Å². The van der Waals surface area contributed by atoms with E-state index in [0.29, 0.717) is 0 Å². The molecule has 0 amide bonds. The molecule has 3 heteroatoms. The SMILES string of the molecule is c1ccc(-c2ccc3c(c2)c2cc(-c4ccccc4)ccc2n3-c2cccc(-c3cccc(-c4ccc5c(c4)oc4c5c5ccccc5n4-c4ccccc4)c3)c2)cc1. The standard InChI is InChI=1S/C56H36N2O/c1-4-14-37(15-5-1)42-27-30-52-49(34-42)50-35-43(38-16-6-2-7-17-38)28-31-53(50)57(52)46-23-13-20-41(33-46)39-18-12-19-40(32-39)44-26-29-48-54(36-44)59-56-55(48)47-24-10-11-25-51(47)58(56)45-21-8-3-9-22-45/h1-36H. The number of nitrogens with zero attached hydrogens (tertiary/aromatic N) is 2. The summed E-state index contributed by atoms with van der Waals surface area (Å²) in [5.74, 6) is 0. The van der Waals surface area contributed by atoms with Crippen molar-refractivity contribution in [2.45, 2.75) is 0 Å². The van der Waals surface area contributed by atoms with Crippen molar-refractivity contribution >= 4 is 54.8 Å². The van der Waals surface area contributed by atoms with Crippen LogP contribution >= 0.6 is 0 Å². The predicted molar refractivity (Wildman–Crippen MR) is 247 cm³/mol. The third kappa shape index (κ3) is 5.44. The van der Waals surface area contributed by atoms with E-state index in [9.17, 15) is 0 Å². The Morgan fingerprint density at radius 3 is 1.41 bits per heavy atom. The highest BCUT2D eigenvalue weighted by Crippen LogP contribution is 2.41. The lowest BCUT2D eigenvalue weighted by atomic mass is 9.98. The van der Waals surface area contributed by atoms with Crippen LogP contribution in [0.5, 0.6) is 0 Å². The molecule has 0 atom stereocenters. The Balaban J connectivity index is 0.964. The second-order valence-corrected chi connectivity index (χ2v) is 15.3. The molecule has 59 heavy (non-hydrogen) atoms. The number of fused-ring (bicyclic) bond motifs is 8. The molecule has 3 aromatic heterocycles. The fourth-order valence-electron chi connectivity index (χ4n) is 9.13. The van der Waals surface area contributed by atoms with Gasteiger partial charge in [-0.1, -0.05) is 146 Å². The summed E-state index contributed by atoms with van der Waals surface area (Å²) in [6.45, 7) is 0. The molecule has 0 saturated heterocycles. The number of para-hydroxylation sites is 2. The molecule has 0 unspecified atom stereocenters. The van der Waals surface area contributed by atoms with Crippen molar-refractivity contribution in [2.24, 2.45) is 0 Å². The third-order valence-electron chi connectivity index (χ3n) is 11.9. The van der Waals surface area contributed by atoms with Gasteiger partial charge in [0.25, 0.3) is 0 Å². The minimum Gasteiger partial charge on any atom is -0.439 e. The maximum absolute atomic E-state index is 6.75. The van der Waals surface area contributed by atoms with Crippen LogP contribution in [-0.4, -0.2) is 9.13 Å². The van der Waals surface area contributed by atoms with E-state index >= 15 is 0 Å². The number of aromatic nitrogens is 2. The van der Waals surface area contributed by atoms with Crippen molar-refractivity contribution in [1.82, 2.24) is 9.13 Å². The van der Waals surface area contributed by atoms with Crippen molar-refractivity contribution < 1.29 is 4.42 Å². The minimum absolute atomic E-state index is 0.868. The first-order chi connectivity index (χ1) is 29.2. The maximum atomic E-state index is 6.75. The second-order valence-electron chi connectivity index (χ2n) is 15.3. The summed E-state index contributed by atoms with van der Waals surface area (Å²) in [4.78, 5) is 0. The molecule has 3 nitrogen and oxygen atoms in total. The quantitative estimate of drug-likeness (QED) is 0.166. The molecule has 0 aliphatic heterocycles. The Bertz CT molecular complexity index is 3440. The first-order valence-electron chi connectivity index (χ1n) is 20.2. The second kappa shape index (κ2) is 13.4. The highest BCUT2D eigenvalue weighted by atomic mass is 16.3. The van der Waals surface area contributed by atoms with Gasteiger partial charge in [0.05, 0.1) is 21.9 Å². The Morgan fingerprint density at radius 1 is 0.271 bits per heavy atom. The Labute approximate surface area is 341 Å². The molecule has 12 rings (SSSR count). The molecular weight excluding hydrogens is 717 g/mol. The van der Waals surface area contributed by atoms with Crippen molar-refractivity contribution in [2.75, 3.05) is 0 Å². The van der Waals surface area contributed by atoms with Gasteiger partial charge in [-0.05, 0) is 117 Å². The molecule has 9 aromatic carbocycles. The molecule has 0 spiro atoms. The summed E-state index contributed by atoms with van der Waals surface area (Å²) in [5.41, 5.74) is 16.9. The third-order valence-corrected chi connectivity index (χ3v) is 11.9. The van der Waals surface area contributed by atoms with Crippen LogP contribution in [0.25, 0.3) is 111 Å². The van der Waals surface area contributed by atoms with Crippen LogP contribution in [0.3, 0.4) is 0 Å². The average Bonchev–Trinajstić information content (AvgIpc) is 3.96. The molecule has 12 aromatic rings. The van der Waals surface area contributed by atoms with E-state index in [1.165, 1.54) is 49.4 Å². The summed E-state index contributed by atoms with van der Waals surface area (Å²) in [6, 6.07) is 78.6. The van der Waals surface area contributed by atoms with Crippen LogP contribution in [0, 0.1) is 0 Å². The van der Waals surface area contributed by atoms with Gasteiger partial charge in [-0.2, -0.15) is 0 Å². The first-order valence-corrected chi connectivity index (χ1v) is 20.2. The molecule has 0 aliphatic carbocycles. The lowest BCUT2D eigenvalue weighted by molar-refractivity contribution is 0.645. The number of furan rings is 1. The van der Waals surface area contributed by atoms with Gasteiger partial charge in [0, 0.05) is 32.9 Å². The lowest BCUT2D eigenvalue weighted by Crippen LogP contribution is -1.94. The van der Waals surface area contributed by atoms with Crippen molar-refractivity contribution in [1.29, 1.82) is 0 Å². The van der Waals surface area contributed by atoms with Gasteiger partial charge in [0.15, 0.2) is 0 Å². The summed E-state index contributed by atoms with van der Waals surface area (Å²) in [6.07, 6.45) is 0. The van der Waals surface area contributed by atoms with Crippen LogP contribution in [-0.2, 0) is 0 Å². The van der Waals surface area contributed by atoms with E-state index in [4.69, 9.17) is 4.42 Å². The van der Waals surface area contributed by atoms with E-state index in [-0.39, 0.29) is 0 Å². The smallest absolute Gasteiger partial charge is 0.213 e. The van der Waals surface area contributed by atoms with Crippen LogP contribution in [0.2, 0.25) is 0 Å². The molecular formula is C56H36N2O. The van der Waals surface area contributed by atoms with E-state index in [2.05, 4.69) is 228 Å². The first kappa shape index (κ1) is 33.3. The molecule has 276 valence electrons. The van der Waals surface area contributed by atoms with Gasteiger partial charge in [-0.25, -0.2) is 0 Å². The molecule has 0 N–H and O–H groups in total. The summed E-state index contributed by atoms with van der Waals surface area (Å²) in [5, 5.41) is 5.93. The van der Waals surface area contributed by atoms with Crippen molar-refractivity contribution in [3.8, 4) is 55.9 Å². The minimum atomic E-state index is 0.868. The van der Waals surface area contributed by atoms with E-state index in [1.54, 1.807) is 0 Å². The zero-order valence-corrected chi connectivity index (χ0v) is 32.1. The summed E-state index contributed by atoms with van der Waals surface area (Å²) in [7, 11) is 0.